The first-order valence-corrected chi connectivity index (χ1v) is 9.34. The van der Waals surface area contributed by atoms with E-state index >= 15 is 0 Å². The smallest absolute Gasteiger partial charge is 0.251 e. The fourth-order valence-corrected chi connectivity index (χ4v) is 3.65. The van der Waals surface area contributed by atoms with Gasteiger partial charge in [-0.05, 0) is 48.2 Å². The van der Waals surface area contributed by atoms with Gasteiger partial charge in [-0.15, -0.1) is 0 Å². The van der Waals surface area contributed by atoms with Gasteiger partial charge in [0, 0.05) is 12.6 Å². The highest BCUT2D eigenvalue weighted by Crippen LogP contribution is 2.41. The molecule has 2 aliphatic heterocycles. The molecule has 0 bridgehead atoms. The molecule has 2 aromatic carbocycles. The van der Waals surface area contributed by atoms with Gasteiger partial charge in [0.1, 0.15) is 19.0 Å². The molecule has 0 fully saturated rings. The van der Waals surface area contributed by atoms with Crippen LogP contribution in [0.4, 0.5) is 5.69 Å². The normalized spacial score (nSPS) is 15.3. The first-order valence-electron chi connectivity index (χ1n) is 9.34. The maximum atomic E-state index is 12.9. The summed E-state index contributed by atoms with van der Waals surface area (Å²) in [5.74, 6) is 2.46. The van der Waals surface area contributed by atoms with E-state index in [1.54, 1.807) is 31.3 Å². The molecule has 146 valence electrons. The van der Waals surface area contributed by atoms with Crippen LogP contribution in [0.15, 0.2) is 36.4 Å². The number of hydrogen-bond acceptors (Lipinski definition) is 5. The molecule has 0 radical (unpaired) electrons. The third-order valence-corrected chi connectivity index (χ3v) is 4.93. The number of hydrogen-bond donors (Lipinski definition) is 0. The molecule has 0 atom stereocenters. The number of carbonyl (C=O) groups excluding carboxylic acids is 1. The molecule has 6 heteroatoms. The first-order chi connectivity index (χ1) is 13.7. The first kappa shape index (κ1) is 18.2. The maximum Gasteiger partial charge on any atom is 0.251 e. The van der Waals surface area contributed by atoms with Gasteiger partial charge in [0.05, 0.1) is 19.9 Å². The molecule has 0 N–H and O–H groups in total. The summed E-state index contributed by atoms with van der Waals surface area (Å²) < 4.78 is 22.2. The van der Waals surface area contributed by atoms with Crippen LogP contribution in [-0.4, -0.2) is 39.9 Å². The van der Waals surface area contributed by atoms with Gasteiger partial charge >= 0.3 is 0 Å². The van der Waals surface area contributed by atoms with Crippen molar-refractivity contribution in [2.75, 3.05) is 38.9 Å². The van der Waals surface area contributed by atoms with Gasteiger partial charge in [-0.2, -0.15) is 0 Å². The second-order valence-corrected chi connectivity index (χ2v) is 6.64. The molecular formula is C22H23NO5. The highest BCUT2D eigenvalue weighted by Gasteiger charge is 2.24. The van der Waals surface area contributed by atoms with E-state index in [0.717, 1.165) is 35.4 Å². The van der Waals surface area contributed by atoms with Crippen LogP contribution in [0.3, 0.4) is 0 Å². The zero-order valence-electron chi connectivity index (χ0n) is 16.1. The van der Waals surface area contributed by atoms with Crippen LogP contribution in [0, 0.1) is 0 Å². The van der Waals surface area contributed by atoms with E-state index < -0.39 is 0 Å². The fraction of sp³-hybridized carbons (Fsp3) is 0.318. The molecule has 0 spiro atoms. The van der Waals surface area contributed by atoms with E-state index in [1.165, 1.54) is 0 Å². The summed E-state index contributed by atoms with van der Waals surface area (Å²) in [5.41, 5.74) is 2.81. The zero-order chi connectivity index (χ0) is 19.5. The van der Waals surface area contributed by atoms with Crippen molar-refractivity contribution < 1.29 is 23.7 Å². The molecule has 2 aromatic rings. The molecule has 0 saturated heterocycles. The van der Waals surface area contributed by atoms with Gasteiger partial charge in [0.25, 0.3) is 5.91 Å². The Hall–Kier alpha value is -3.15. The standard InChI is InChI=1S/C22H23NO5/c1-25-17-7-3-5-16-6-4-10-23(21(16)17)20(24)9-8-15-13-18(26-2)22-19(14-15)27-11-12-28-22/h3,5,7-9,13-14H,4,6,10-12H2,1-2H3/b9-8+. The monoisotopic (exact) mass is 381 g/mol. The molecule has 2 aliphatic rings. The Bertz CT molecular complexity index is 890. The van der Waals surface area contributed by atoms with E-state index in [2.05, 4.69) is 0 Å². The third kappa shape index (κ3) is 3.38. The highest BCUT2D eigenvalue weighted by atomic mass is 16.6. The van der Waals surface area contributed by atoms with Gasteiger partial charge in [0.15, 0.2) is 11.5 Å². The molecule has 0 aromatic heterocycles. The summed E-state index contributed by atoms with van der Waals surface area (Å²) in [6.07, 6.45) is 5.22. The average molecular weight is 381 g/mol. The molecule has 28 heavy (non-hydrogen) atoms. The number of rotatable bonds is 4. The molecule has 1 amide bonds. The van der Waals surface area contributed by atoms with Crippen LogP contribution in [0.2, 0.25) is 0 Å². The van der Waals surface area contributed by atoms with Gasteiger partial charge < -0.3 is 23.8 Å². The van der Waals surface area contributed by atoms with Gasteiger partial charge in [-0.3, -0.25) is 4.79 Å². The molecule has 0 unspecified atom stereocenters. The number of nitrogens with zero attached hydrogens (tertiary/aromatic N) is 1. The number of fused-ring (bicyclic) bond motifs is 2. The van der Waals surface area contributed by atoms with Crippen LogP contribution in [0.1, 0.15) is 17.5 Å². The van der Waals surface area contributed by atoms with E-state index in [9.17, 15) is 4.79 Å². The van der Waals surface area contributed by atoms with Gasteiger partial charge in [-0.1, -0.05) is 12.1 Å². The Morgan fingerprint density at radius 2 is 1.93 bits per heavy atom. The molecular weight excluding hydrogens is 358 g/mol. The molecule has 0 saturated carbocycles. The minimum atomic E-state index is -0.0840. The predicted molar refractivity (Wildman–Crippen MR) is 107 cm³/mol. The number of amides is 1. The molecule has 2 heterocycles. The van der Waals surface area contributed by atoms with Crippen molar-refractivity contribution in [2.45, 2.75) is 12.8 Å². The van der Waals surface area contributed by atoms with Crippen LogP contribution in [0.5, 0.6) is 23.0 Å². The molecule has 4 rings (SSSR count). The number of methoxy groups -OCH3 is 2. The average Bonchev–Trinajstić information content (AvgIpc) is 2.75. The van der Waals surface area contributed by atoms with Gasteiger partial charge in [0.2, 0.25) is 5.75 Å². The number of aryl methyl sites for hydroxylation is 1. The van der Waals surface area contributed by atoms with Crippen LogP contribution in [-0.2, 0) is 11.2 Å². The Labute approximate surface area is 164 Å². The third-order valence-electron chi connectivity index (χ3n) is 4.93. The van der Waals surface area contributed by atoms with E-state index in [-0.39, 0.29) is 5.91 Å². The van der Waals surface area contributed by atoms with E-state index in [4.69, 9.17) is 18.9 Å². The highest BCUT2D eigenvalue weighted by molar-refractivity contribution is 6.05. The van der Waals surface area contributed by atoms with Crippen molar-refractivity contribution in [3.63, 3.8) is 0 Å². The lowest BCUT2D eigenvalue weighted by molar-refractivity contribution is -0.114. The van der Waals surface area contributed by atoms with Crippen LogP contribution in [0.25, 0.3) is 6.08 Å². The Balaban J connectivity index is 1.61. The second-order valence-electron chi connectivity index (χ2n) is 6.64. The topological polar surface area (TPSA) is 57.2 Å². The summed E-state index contributed by atoms with van der Waals surface area (Å²) in [5, 5.41) is 0. The maximum absolute atomic E-state index is 12.9. The number of benzene rings is 2. The van der Waals surface area contributed by atoms with Crippen molar-refractivity contribution in [2.24, 2.45) is 0 Å². The zero-order valence-corrected chi connectivity index (χ0v) is 16.1. The van der Waals surface area contributed by atoms with E-state index in [0.29, 0.717) is 37.0 Å². The second kappa shape index (κ2) is 7.84. The lowest BCUT2D eigenvalue weighted by Crippen LogP contribution is -2.34. The quantitative estimate of drug-likeness (QED) is 0.759. The van der Waals surface area contributed by atoms with Crippen molar-refractivity contribution >= 4 is 17.7 Å². The lowest BCUT2D eigenvalue weighted by Gasteiger charge is -2.30. The minimum absolute atomic E-state index is 0.0840. The Morgan fingerprint density at radius 3 is 2.75 bits per heavy atom. The molecule has 6 nitrogen and oxygen atoms in total. The Kier molecular flexibility index (Phi) is 5.10. The minimum Gasteiger partial charge on any atom is -0.495 e. The van der Waals surface area contributed by atoms with Crippen molar-refractivity contribution in [3.8, 4) is 23.0 Å². The number of para-hydroxylation sites is 1. The van der Waals surface area contributed by atoms with Crippen LogP contribution < -0.4 is 23.8 Å². The Morgan fingerprint density at radius 1 is 1.11 bits per heavy atom. The predicted octanol–water partition coefficient (Wildman–Crippen LogP) is 3.47. The summed E-state index contributed by atoms with van der Waals surface area (Å²) in [7, 11) is 3.22. The van der Waals surface area contributed by atoms with Crippen molar-refractivity contribution in [1.29, 1.82) is 0 Å². The van der Waals surface area contributed by atoms with Gasteiger partial charge in [-0.25, -0.2) is 0 Å². The van der Waals surface area contributed by atoms with E-state index in [1.807, 2.05) is 30.3 Å². The number of carbonyl (C=O) groups is 1. The van der Waals surface area contributed by atoms with Crippen molar-refractivity contribution in [1.82, 2.24) is 0 Å². The molecule has 0 aliphatic carbocycles. The largest absolute Gasteiger partial charge is 0.495 e. The summed E-state index contributed by atoms with van der Waals surface area (Å²) in [6, 6.07) is 9.59. The summed E-state index contributed by atoms with van der Waals surface area (Å²) in [6.45, 7) is 1.65. The number of anilines is 1. The van der Waals surface area contributed by atoms with Crippen molar-refractivity contribution in [3.05, 3.63) is 47.5 Å². The number of ether oxygens (including phenoxy) is 4. The summed E-state index contributed by atoms with van der Waals surface area (Å²) in [4.78, 5) is 14.7. The van der Waals surface area contributed by atoms with Crippen LogP contribution >= 0.6 is 0 Å². The summed E-state index contributed by atoms with van der Waals surface area (Å²) >= 11 is 0. The SMILES string of the molecule is COc1cc(/C=C/C(=O)N2CCCc3cccc(OC)c32)cc2c1OCCO2. The lowest BCUT2D eigenvalue weighted by atomic mass is 10.0. The fourth-order valence-electron chi connectivity index (χ4n) is 3.65.